The van der Waals surface area contributed by atoms with Crippen LogP contribution in [-0.4, -0.2) is 127 Å². The summed E-state index contributed by atoms with van der Waals surface area (Å²) in [6, 6.07) is 0. The number of hydrogen-bond donors (Lipinski definition) is 0. The first-order valence-corrected chi connectivity index (χ1v) is 12.3. The number of rotatable bonds is 26. The van der Waals surface area contributed by atoms with Crippen molar-refractivity contribution >= 4 is 10.1 Å². The van der Waals surface area contributed by atoms with Crippen molar-refractivity contribution in [2.24, 2.45) is 0 Å². The fourth-order valence-corrected chi connectivity index (χ4v) is 2.32. The molecule has 12 heteroatoms. The van der Waals surface area contributed by atoms with Crippen molar-refractivity contribution in [1.29, 1.82) is 0 Å². The van der Waals surface area contributed by atoms with E-state index in [9.17, 15) is 8.42 Å². The Morgan fingerprint density at radius 3 is 1.06 bits per heavy atom. The molecule has 0 rings (SSSR count). The van der Waals surface area contributed by atoms with E-state index in [1.54, 1.807) is 7.11 Å². The first kappa shape index (κ1) is 30.6. The summed E-state index contributed by atoms with van der Waals surface area (Å²) in [5.74, 6) is 0. The quantitative estimate of drug-likeness (QED) is 0.125. The Labute approximate surface area is 186 Å². The van der Waals surface area contributed by atoms with Crippen molar-refractivity contribution in [2.75, 3.05) is 119 Å². The standard InChI is InChI=1S/C19H40O11S/c1-22-6-7-25-12-13-27-16-17-28-15-14-26-10-8-23-4-3-5-24-9-11-29-18-19-30-31(2,20)21/h3-19H2,1-2H3. The molecule has 0 atom stereocenters. The highest BCUT2D eigenvalue weighted by molar-refractivity contribution is 7.85. The molecule has 188 valence electrons. The molecule has 0 heterocycles. The van der Waals surface area contributed by atoms with Crippen LogP contribution < -0.4 is 0 Å². The summed E-state index contributed by atoms with van der Waals surface area (Å²) in [5, 5.41) is 0. The van der Waals surface area contributed by atoms with Gasteiger partial charge in [0.2, 0.25) is 0 Å². The molecule has 0 spiro atoms. The van der Waals surface area contributed by atoms with Gasteiger partial charge in [-0.2, -0.15) is 8.42 Å². The zero-order valence-corrected chi connectivity index (χ0v) is 19.7. The van der Waals surface area contributed by atoms with Crippen molar-refractivity contribution in [2.45, 2.75) is 6.42 Å². The largest absolute Gasteiger partial charge is 0.382 e. The summed E-state index contributed by atoms with van der Waals surface area (Å²) in [4.78, 5) is 0. The third-order valence-corrected chi connectivity index (χ3v) is 3.99. The minimum atomic E-state index is -3.40. The van der Waals surface area contributed by atoms with Gasteiger partial charge in [-0.3, -0.25) is 4.18 Å². The third kappa shape index (κ3) is 29.6. The molecule has 0 amide bonds. The third-order valence-electron chi connectivity index (χ3n) is 3.39. The predicted molar refractivity (Wildman–Crippen MR) is 113 cm³/mol. The lowest BCUT2D eigenvalue weighted by atomic mass is 10.5. The van der Waals surface area contributed by atoms with Crippen LogP contribution in [0.25, 0.3) is 0 Å². The molecular weight excluding hydrogens is 436 g/mol. The van der Waals surface area contributed by atoms with E-state index in [4.69, 9.17) is 37.9 Å². The molecule has 0 saturated carbocycles. The van der Waals surface area contributed by atoms with E-state index < -0.39 is 10.1 Å². The molecule has 0 unspecified atom stereocenters. The molecule has 0 aromatic carbocycles. The van der Waals surface area contributed by atoms with E-state index in [2.05, 4.69) is 4.18 Å². The van der Waals surface area contributed by atoms with Crippen molar-refractivity contribution in [1.82, 2.24) is 0 Å². The van der Waals surface area contributed by atoms with Gasteiger partial charge in [-0.05, 0) is 6.42 Å². The van der Waals surface area contributed by atoms with Gasteiger partial charge >= 0.3 is 0 Å². The molecule has 0 aromatic heterocycles. The van der Waals surface area contributed by atoms with Crippen LogP contribution in [0.5, 0.6) is 0 Å². The smallest absolute Gasteiger partial charge is 0.264 e. The molecule has 0 N–H and O–H groups in total. The van der Waals surface area contributed by atoms with Gasteiger partial charge in [0, 0.05) is 20.3 Å². The Morgan fingerprint density at radius 2 is 0.742 bits per heavy atom. The summed E-state index contributed by atoms with van der Waals surface area (Å²) in [6.07, 6.45) is 1.78. The van der Waals surface area contributed by atoms with Crippen LogP contribution in [-0.2, 0) is 52.2 Å². The van der Waals surface area contributed by atoms with E-state index in [-0.39, 0.29) is 13.2 Å². The Hall–Kier alpha value is -0.410. The van der Waals surface area contributed by atoms with E-state index >= 15 is 0 Å². The molecular formula is C19H40O11S. The molecule has 11 nitrogen and oxygen atoms in total. The van der Waals surface area contributed by atoms with Crippen molar-refractivity contribution in [3.05, 3.63) is 0 Å². The van der Waals surface area contributed by atoms with Gasteiger partial charge in [0.25, 0.3) is 10.1 Å². The molecule has 0 aliphatic carbocycles. The molecule has 0 radical (unpaired) electrons. The first-order chi connectivity index (χ1) is 15.1. The molecule has 0 aromatic rings. The molecule has 0 saturated heterocycles. The summed E-state index contributed by atoms with van der Waals surface area (Å²) in [7, 11) is -1.77. The maximum Gasteiger partial charge on any atom is 0.264 e. The maximum absolute atomic E-state index is 10.7. The predicted octanol–water partition coefficient (Wildman–Crippen LogP) is 0.115. The highest BCUT2D eigenvalue weighted by Crippen LogP contribution is 1.89. The minimum Gasteiger partial charge on any atom is -0.382 e. The minimum absolute atomic E-state index is 0.0150. The first-order valence-electron chi connectivity index (χ1n) is 10.4. The lowest BCUT2D eigenvalue weighted by molar-refractivity contribution is -0.0163. The van der Waals surface area contributed by atoms with Gasteiger partial charge in [-0.15, -0.1) is 0 Å². The van der Waals surface area contributed by atoms with Crippen LogP contribution in [0.3, 0.4) is 0 Å². The molecule has 0 fully saturated rings. The molecule has 0 bridgehead atoms. The zero-order valence-electron chi connectivity index (χ0n) is 18.9. The summed E-state index contributed by atoms with van der Waals surface area (Å²) >= 11 is 0. The molecule has 0 aliphatic rings. The van der Waals surface area contributed by atoms with Gasteiger partial charge in [0.15, 0.2) is 0 Å². The van der Waals surface area contributed by atoms with E-state index in [1.807, 2.05) is 0 Å². The monoisotopic (exact) mass is 476 g/mol. The van der Waals surface area contributed by atoms with Crippen LogP contribution in [0.4, 0.5) is 0 Å². The van der Waals surface area contributed by atoms with Crippen molar-refractivity contribution in [3.8, 4) is 0 Å². The number of methoxy groups -OCH3 is 1. The lowest BCUT2D eigenvalue weighted by Gasteiger charge is -2.08. The fraction of sp³-hybridized carbons (Fsp3) is 1.00. The Kier molecular flexibility index (Phi) is 23.9. The summed E-state index contributed by atoms with van der Waals surface area (Å²) in [6.45, 7) is 7.61. The van der Waals surface area contributed by atoms with Crippen LogP contribution in [0, 0.1) is 0 Å². The summed E-state index contributed by atoms with van der Waals surface area (Å²) < 4.78 is 68.3. The van der Waals surface area contributed by atoms with Crippen LogP contribution in [0.1, 0.15) is 6.42 Å². The lowest BCUT2D eigenvalue weighted by Crippen LogP contribution is -2.14. The second-order valence-corrected chi connectivity index (χ2v) is 7.80. The number of hydrogen-bond acceptors (Lipinski definition) is 11. The van der Waals surface area contributed by atoms with Crippen molar-refractivity contribution < 1.29 is 50.5 Å². The average Bonchev–Trinajstić information content (AvgIpc) is 2.73. The van der Waals surface area contributed by atoms with E-state index in [0.717, 1.165) is 12.7 Å². The molecule has 31 heavy (non-hydrogen) atoms. The van der Waals surface area contributed by atoms with Gasteiger partial charge in [-0.25, -0.2) is 0 Å². The number of ether oxygens (including phenoxy) is 8. The Balaban J connectivity index is 3.04. The SMILES string of the molecule is COCCOCCOCCOCCOCCOCCCOCCOCCOS(C)(=O)=O. The fourth-order valence-electron chi connectivity index (χ4n) is 1.95. The van der Waals surface area contributed by atoms with Gasteiger partial charge in [0.05, 0.1) is 98.8 Å². The second kappa shape index (κ2) is 24.2. The average molecular weight is 477 g/mol. The van der Waals surface area contributed by atoms with Gasteiger partial charge in [-0.1, -0.05) is 0 Å². The molecule has 0 aliphatic heterocycles. The maximum atomic E-state index is 10.7. The van der Waals surface area contributed by atoms with Gasteiger partial charge < -0.3 is 37.9 Å². The van der Waals surface area contributed by atoms with E-state index in [1.165, 1.54) is 0 Å². The van der Waals surface area contributed by atoms with Crippen LogP contribution in [0.2, 0.25) is 0 Å². The topological polar surface area (TPSA) is 117 Å². The normalized spacial score (nSPS) is 11.9. The van der Waals surface area contributed by atoms with Crippen molar-refractivity contribution in [3.63, 3.8) is 0 Å². The highest BCUT2D eigenvalue weighted by atomic mass is 32.2. The Bertz CT molecular complexity index is 448. The second-order valence-electron chi connectivity index (χ2n) is 6.16. The zero-order chi connectivity index (χ0) is 22.9. The summed E-state index contributed by atoms with van der Waals surface area (Å²) in [5.41, 5.74) is 0. The van der Waals surface area contributed by atoms with Crippen LogP contribution in [0.15, 0.2) is 0 Å². The van der Waals surface area contributed by atoms with Gasteiger partial charge in [0.1, 0.15) is 0 Å². The van der Waals surface area contributed by atoms with Crippen LogP contribution >= 0.6 is 0 Å². The Morgan fingerprint density at radius 1 is 0.452 bits per heavy atom. The van der Waals surface area contributed by atoms with E-state index in [0.29, 0.717) is 92.5 Å². The highest BCUT2D eigenvalue weighted by Gasteiger charge is 2.00.